The van der Waals surface area contributed by atoms with Crippen molar-refractivity contribution in [2.24, 2.45) is 0 Å². The molecule has 0 radical (unpaired) electrons. The molecule has 1 heterocycles. The van der Waals surface area contributed by atoms with Gasteiger partial charge in [0, 0.05) is 22.9 Å². The standard InChI is InChI=1S/C19H21BrNO2.C2HF3O2/c1-22-18-11-15-8-10-21(13-16(15)12-19(18)23-2)9-7-14-3-5-17(20)6-4-14;3-2(4,5)1(6)7/h3-6,11-13H,7-10H2,1-2H3;(H,6,7)/q+1;/p-1. The molecule has 2 aromatic carbocycles. The van der Waals surface area contributed by atoms with E-state index in [4.69, 9.17) is 19.4 Å². The molecule has 0 atom stereocenters. The monoisotopic (exact) mass is 487 g/mol. The van der Waals surface area contributed by atoms with E-state index in [1.807, 2.05) is 0 Å². The van der Waals surface area contributed by atoms with Gasteiger partial charge in [0.1, 0.15) is 19.1 Å². The topological polar surface area (TPSA) is 61.6 Å². The number of nitrogens with zero attached hydrogens (tertiary/aromatic N) is 1. The first-order valence-electron chi connectivity index (χ1n) is 9.00. The van der Waals surface area contributed by atoms with Crippen molar-refractivity contribution in [1.29, 1.82) is 0 Å². The first kappa shape index (κ1) is 23.7. The number of fused-ring (bicyclic) bond motifs is 1. The van der Waals surface area contributed by atoms with Gasteiger partial charge in [-0.25, -0.2) is 4.58 Å². The van der Waals surface area contributed by atoms with E-state index in [1.165, 1.54) is 16.7 Å². The predicted molar refractivity (Wildman–Crippen MR) is 107 cm³/mol. The van der Waals surface area contributed by atoms with Gasteiger partial charge in [-0.05, 0) is 35.4 Å². The number of carbonyl (C=O) groups excluding carboxylic acids is 1. The normalized spacial score (nSPS) is 12.8. The first-order valence-corrected chi connectivity index (χ1v) is 9.79. The smallest absolute Gasteiger partial charge is 0.430 e. The number of carbonyl (C=O) groups is 1. The van der Waals surface area contributed by atoms with Crippen LogP contribution in [0.3, 0.4) is 0 Å². The molecular weight excluding hydrogens is 467 g/mol. The van der Waals surface area contributed by atoms with E-state index >= 15 is 0 Å². The molecule has 9 heteroatoms. The number of alkyl halides is 3. The van der Waals surface area contributed by atoms with Crippen molar-refractivity contribution in [3.63, 3.8) is 0 Å². The Morgan fingerprint density at radius 2 is 1.70 bits per heavy atom. The number of hydrogen-bond donors (Lipinski definition) is 0. The van der Waals surface area contributed by atoms with Crippen LogP contribution in [0.5, 0.6) is 11.5 Å². The summed E-state index contributed by atoms with van der Waals surface area (Å²) >= 11 is 3.48. The SMILES string of the molecule is COc1cc2c(cc1OC)CC[N+](CCc1ccc(Br)cc1)=C2.O=C([O-])C(F)(F)F. The maximum Gasteiger partial charge on any atom is 0.430 e. The average Bonchev–Trinajstić information content (AvgIpc) is 2.71. The van der Waals surface area contributed by atoms with E-state index < -0.39 is 12.1 Å². The fraction of sp³-hybridized carbons (Fsp3) is 0.333. The Morgan fingerprint density at radius 1 is 1.13 bits per heavy atom. The van der Waals surface area contributed by atoms with Gasteiger partial charge in [-0.1, -0.05) is 28.1 Å². The molecule has 162 valence electrons. The van der Waals surface area contributed by atoms with Crippen molar-refractivity contribution in [3.05, 3.63) is 57.6 Å². The fourth-order valence-corrected chi connectivity index (χ4v) is 3.16. The molecule has 0 aromatic heterocycles. The number of carboxylic acids is 1. The molecule has 0 amide bonds. The van der Waals surface area contributed by atoms with Crippen LogP contribution in [-0.4, -0.2) is 50.2 Å². The lowest BCUT2D eigenvalue weighted by atomic mass is 10.0. The zero-order chi connectivity index (χ0) is 22.3. The highest BCUT2D eigenvalue weighted by molar-refractivity contribution is 9.10. The summed E-state index contributed by atoms with van der Waals surface area (Å²) in [4.78, 5) is 8.78. The lowest BCUT2D eigenvalue weighted by Gasteiger charge is -2.16. The summed E-state index contributed by atoms with van der Waals surface area (Å²) < 4.78 is 45.9. The minimum absolute atomic E-state index is 0.789. The second kappa shape index (κ2) is 10.5. The lowest BCUT2D eigenvalue weighted by Crippen LogP contribution is -2.37. The van der Waals surface area contributed by atoms with E-state index in [-0.39, 0.29) is 0 Å². The highest BCUT2D eigenvalue weighted by Crippen LogP contribution is 2.31. The minimum Gasteiger partial charge on any atom is -0.542 e. The number of aliphatic carboxylic acids is 1. The highest BCUT2D eigenvalue weighted by Gasteiger charge is 2.28. The van der Waals surface area contributed by atoms with Crippen LogP contribution in [0.1, 0.15) is 16.7 Å². The zero-order valence-corrected chi connectivity index (χ0v) is 18.0. The molecule has 1 aliphatic heterocycles. The quantitative estimate of drug-likeness (QED) is 0.608. The average molecular weight is 488 g/mol. The molecule has 0 spiro atoms. The molecule has 0 saturated carbocycles. The van der Waals surface area contributed by atoms with Gasteiger partial charge in [-0.3, -0.25) is 0 Å². The fourth-order valence-electron chi connectivity index (χ4n) is 2.90. The van der Waals surface area contributed by atoms with Crippen molar-refractivity contribution in [3.8, 4) is 11.5 Å². The van der Waals surface area contributed by atoms with Crippen molar-refractivity contribution >= 4 is 28.1 Å². The van der Waals surface area contributed by atoms with Crippen LogP contribution in [0.4, 0.5) is 13.2 Å². The number of ether oxygens (including phenoxy) is 2. The lowest BCUT2D eigenvalue weighted by molar-refractivity contribution is -0.523. The summed E-state index contributed by atoms with van der Waals surface area (Å²) in [5.74, 6) is -1.41. The summed E-state index contributed by atoms with van der Waals surface area (Å²) in [6.45, 7) is 2.06. The van der Waals surface area contributed by atoms with Crippen LogP contribution in [0.15, 0.2) is 40.9 Å². The van der Waals surface area contributed by atoms with Gasteiger partial charge in [-0.15, -0.1) is 0 Å². The number of rotatable bonds is 5. The Labute approximate surface area is 180 Å². The van der Waals surface area contributed by atoms with E-state index in [9.17, 15) is 13.2 Å². The molecule has 0 unspecified atom stereocenters. The summed E-state index contributed by atoms with van der Waals surface area (Å²) in [5.41, 5.74) is 3.91. The maximum atomic E-state index is 10.5. The van der Waals surface area contributed by atoms with Gasteiger partial charge >= 0.3 is 6.18 Å². The predicted octanol–water partition coefficient (Wildman–Crippen LogP) is 3.00. The minimum atomic E-state index is -5.19. The van der Waals surface area contributed by atoms with Gasteiger partial charge in [-0.2, -0.15) is 13.2 Å². The second-order valence-corrected chi connectivity index (χ2v) is 7.40. The molecule has 0 aliphatic carbocycles. The number of benzene rings is 2. The Morgan fingerprint density at radius 3 is 2.23 bits per heavy atom. The molecule has 3 rings (SSSR count). The Kier molecular flexibility index (Phi) is 8.28. The largest absolute Gasteiger partial charge is 0.542 e. The number of methoxy groups -OCH3 is 2. The Balaban J connectivity index is 0.000000396. The van der Waals surface area contributed by atoms with Crippen LogP contribution in [0.2, 0.25) is 0 Å². The molecule has 0 fully saturated rings. The van der Waals surface area contributed by atoms with Gasteiger partial charge in [0.25, 0.3) is 0 Å². The van der Waals surface area contributed by atoms with Crippen molar-refractivity contribution in [1.82, 2.24) is 0 Å². The molecule has 0 saturated heterocycles. The van der Waals surface area contributed by atoms with Gasteiger partial charge < -0.3 is 19.4 Å². The molecule has 2 aromatic rings. The summed E-state index contributed by atoms with van der Waals surface area (Å²) in [6, 6.07) is 12.7. The van der Waals surface area contributed by atoms with Gasteiger partial charge in [0.05, 0.1) is 14.2 Å². The van der Waals surface area contributed by atoms with Gasteiger partial charge in [0.2, 0.25) is 0 Å². The first-order chi connectivity index (χ1) is 14.1. The molecule has 1 aliphatic rings. The van der Waals surface area contributed by atoms with Crippen LogP contribution in [0.25, 0.3) is 0 Å². The molecule has 5 nitrogen and oxygen atoms in total. The van der Waals surface area contributed by atoms with Crippen LogP contribution < -0.4 is 14.6 Å². The molecule has 0 bridgehead atoms. The maximum absolute atomic E-state index is 10.5. The zero-order valence-electron chi connectivity index (χ0n) is 16.5. The number of carboxylic acid groups (broad SMARTS) is 1. The third-order valence-corrected chi connectivity index (χ3v) is 5.00. The summed E-state index contributed by atoms with van der Waals surface area (Å²) in [5, 5.41) is 8.78. The summed E-state index contributed by atoms with van der Waals surface area (Å²) in [6.07, 6.45) is -0.876. The van der Waals surface area contributed by atoms with Crippen molar-refractivity contribution < 1.29 is 37.1 Å². The Hall–Kier alpha value is -2.55. The van der Waals surface area contributed by atoms with Crippen LogP contribution in [0, 0.1) is 0 Å². The van der Waals surface area contributed by atoms with Crippen molar-refractivity contribution in [2.45, 2.75) is 19.0 Å². The van der Waals surface area contributed by atoms with E-state index in [0.29, 0.717) is 0 Å². The van der Waals surface area contributed by atoms with E-state index in [2.05, 4.69) is 63.1 Å². The van der Waals surface area contributed by atoms with Crippen molar-refractivity contribution in [2.75, 3.05) is 27.3 Å². The van der Waals surface area contributed by atoms with E-state index in [1.54, 1.807) is 14.2 Å². The molecule has 30 heavy (non-hydrogen) atoms. The number of hydrogen-bond acceptors (Lipinski definition) is 4. The van der Waals surface area contributed by atoms with Gasteiger partial charge in [0.15, 0.2) is 17.7 Å². The summed E-state index contributed by atoms with van der Waals surface area (Å²) in [7, 11) is 3.36. The van der Waals surface area contributed by atoms with E-state index in [0.717, 1.165) is 41.9 Å². The highest BCUT2D eigenvalue weighted by atomic mass is 79.9. The van der Waals surface area contributed by atoms with Crippen LogP contribution in [-0.2, 0) is 17.6 Å². The number of halogens is 4. The Bertz CT molecular complexity index is 912. The van der Waals surface area contributed by atoms with Crippen LogP contribution >= 0.6 is 15.9 Å². The third-order valence-electron chi connectivity index (χ3n) is 4.47. The third kappa shape index (κ3) is 6.76. The molecule has 0 N–H and O–H groups in total. The molecular formula is C21H21BrF3NO4. The second-order valence-electron chi connectivity index (χ2n) is 6.48.